The molecule has 0 saturated carbocycles. The van der Waals surface area contributed by atoms with Crippen LogP contribution in [0.3, 0.4) is 0 Å². The molecule has 0 atom stereocenters. The molecule has 0 amide bonds. The molecule has 3 rings (SSSR count). The van der Waals surface area contributed by atoms with Crippen LogP contribution in [0.2, 0.25) is 0 Å². The van der Waals surface area contributed by atoms with Crippen molar-refractivity contribution in [3.05, 3.63) is 69.3 Å². The van der Waals surface area contributed by atoms with E-state index in [-0.39, 0.29) is 11.6 Å². The molecule has 1 aliphatic carbocycles. The number of hydrogen-bond acceptors (Lipinski definition) is 4. The number of carbonyl (C=O) groups excluding carboxylic acids is 2. The summed E-state index contributed by atoms with van der Waals surface area (Å²) in [5.74, 6) is 1.17. The number of ether oxygens (including phenoxy) is 2. The minimum atomic E-state index is -0.0925. The number of methoxy groups -OCH3 is 2. The topological polar surface area (TPSA) is 52.6 Å². The second kappa shape index (κ2) is 6.79. The van der Waals surface area contributed by atoms with Gasteiger partial charge in [-0.1, -0.05) is 0 Å². The SMILES string of the molecule is COc1ccc(OC)c(CC2=C(C)C(=O)c3cc(C)c(C)cc3C2=O)c1. The van der Waals surface area contributed by atoms with Crippen molar-refractivity contribution in [2.24, 2.45) is 0 Å². The van der Waals surface area contributed by atoms with Crippen molar-refractivity contribution in [2.75, 3.05) is 14.2 Å². The summed E-state index contributed by atoms with van der Waals surface area (Å²) >= 11 is 0. The predicted octanol–water partition coefficient (Wildman–Crippen LogP) is 4.26. The molecule has 4 heteroatoms. The molecule has 134 valence electrons. The normalized spacial score (nSPS) is 13.7. The number of fused-ring (bicyclic) bond motifs is 1. The summed E-state index contributed by atoms with van der Waals surface area (Å²) in [4.78, 5) is 26.0. The van der Waals surface area contributed by atoms with Crippen LogP contribution in [0.4, 0.5) is 0 Å². The van der Waals surface area contributed by atoms with E-state index in [0.29, 0.717) is 40.2 Å². The van der Waals surface area contributed by atoms with Crippen LogP contribution in [0.25, 0.3) is 0 Å². The average molecular weight is 350 g/mol. The Hall–Kier alpha value is -2.88. The van der Waals surface area contributed by atoms with E-state index in [4.69, 9.17) is 9.47 Å². The molecule has 0 saturated heterocycles. The van der Waals surface area contributed by atoms with Crippen molar-refractivity contribution in [2.45, 2.75) is 27.2 Å². The van der Waals surface area contributed by atoms with E-state index in [9.17, 15) is 9.59 Å². The molecule has 0 aliphatic heterocycles. The molecule has 0 bridgehead atoms. The minimum absolute atomic E-state index is 0.0837. The molecule has 26 heavy (non-hydrogen) atoms. The molecule has 0 radical (unpaired) electrons. The highest BCUT2D eigenvalue weighted by Gasteiger charge is 2.30. The molecule has 2 aromatic rings. The number of aryl methyl sites for hydroxylation is 2. The first-order valence-electron chi connectivity index (χ1n) is 8.48. The summed E-state index contributed by atoms with van der Waals surface area (Å²) in [6, 6.07) is 9.09. The van der Waals surface area contributed by atoms with Crippen molar-refractivity contribution in [1.82, 2.24) is 0 Å². The molecule has 2 aromatic carbocycles. The third-order valence-electron chi connectivity index (χ3n) is 5.05. The van der Waals surface area contributed by atoms with Crippen molar-refractivity contribution >= 4 is 11.6 Å². The Morgan fingerprint density at radius 1 is 0.808 bits per heavy atom. The molecular formula is C22H22O4. The van der Waals surface area contributed by atoms with Gasteiger partial charge in [-0.2, -0.15) is 0 Å². The largest absolute Gasteiger partial charge is 0.497 e. The lowest BCUT2D eigenvalue weighted by Crippen LogP contribution is -2.22. The van der Waals surface area contributed by atoms with E-state index in [1.807, 2.05) is 32.0 Å². The highest BCUT2D eigenvalue weighted by Crippen LogP contribution is 2.33. The number of rotatable bonds is 4. The van der Waals surface area contributed by atoms with Crippen molar-refractivity contribution in [3.8, 4) is 11.5 Å². The highest BCUT2D eigenvalue weighted by molar-refractivity contribution is 6.27. The van der Waals surface area contributed by atoms with E-state index in [2.05, 4.69) is 0 Å². The third-order valence-corrected chi connectivity index (χ3v) is 5.05. The number of ketones is 2. The van der Waals surface area contributed by atoms with Gasteiger partial charge in [-0.25, -0.2) is 0 Å². The van der Waals surface area contributed by atoms with Gasteiger partial charge in [0.2, 0.25) is 0 Å². The smallest absolute Gasteiger partial charge is 0.190 e. The molecule has 0 spiro atoms. The van der Waals surface area contributed by atoms with Gasteiger partial charge in [-0.15, -0.1) is 0 Å². The van der Waals surface area contributed by atoms with Crippen LogP contribution in [0.1, 0.15) is 44.3 Å². The fourth-order valence-corrected chi connectivity index (χ4v) is 3.29. The van der Waals surface area contributed by atoms with E-state index in [1.54, 1.807) is 33.3 Å². The zero-order valence-corrected chi connectivity index (χ0v) is 15.7. The van der Waals surface area contributed by atoms with Gasteiger partial charge in [0.15, 0.2) is 11.6 Å². The Bertz CT molecular complexity index is 951. The van der Waals surface area contributed by atoms with Gasteiger partial charge < -0.3 is 9.47 Å². The lowest BCUT2D eigenvalue weighted by Gasteiger charge is -2.21. The molecular weight excluding hydrogens is 328 g/mol. The maximum absolute atomic E-state index is 13.1. The van der Waals surface area contributed by atoms with Gasteiger partial charge in [0.25, 0.3) is 0 Å². The zero-order chi connectivity index (χ0) is 19.0. The highest BCUT2D eigenvalue weighted by atomic mass is 16.5. The first kappa shape index (κ1) is 17.9. The first-order valence-corrected chi connectivity index (χ1v) is 8.48. The lowest BCUT2D eigenvalue weighted by atomic mass is 9.80. The van der Waals surface area contributed by atoms with Crippen molar-refractivity contribution in [3.63, 3.8) is 0 Å². The molecule has 0 N–H and O–H groups in total. The fraction of sp³-hybridized carbons (Fsp3) is 0.273. The standard InChI is InChI=1S/C22H22O4/c1-12-8-18-19(9-13(12)2)22(24)17(14(3)21(18)23)11-15-10-16(25-4)6-7-20(15)26-5/h6-10H,11H2,1-5H3. The lowest BCUT2D eigenvalue weighted by molar-refractivity contribution is 0.0972. The van der Waals surface area contributed by atoms with Crippen LogP contribution in [0, 0.1) is 13.8 Å². The monoisotopic (exact) mass is 350 g/mol. The Kier molecular flexibility index (Phi) is 4.68. The summed E-state index contributed by atoms with van der Waals surface area (Å²) in [5.41, 5.74) is 4.82. The second-order valence-corrected chi connectivity index (χ2v) is 6.60. The van der Waals surface area contributed by atoms with Gasteiger partial charge in [0.05, 0.1) is 14.2 Å². The van der Waals surface area contributed by atoms with Crippen molar-refractivity contribution in [1.29, 1.82) is 0 Å². The van der Waals surface area contributed by atoms with Gasteiger partial charge in [-0.3, -0.25) is 9.59 Å². The Morgan fingerprint density at radius 2 is 1.42 bits per heavy atom. The van der Waals surface area contributed by atoms with E-state index >= 15 is 0 Å². The van der Waals surface area contributed by atoms with Gasteiger partial charge in [0, 0.05) is 34.3 Å². The quantitative estimate of drug-likeness (QED) is 0.827. The number of benzene rings is 2. The molecule has 0 fully saturated rings. The zero-order valence-electron chi connectivity index (χ0n) is 15.7. The Labute approximate surface area is 153 Å². The van der Waals surface area contributed by atoms with Crippen molar-refractivity contribution < 1.29 is 19.1 Å². The Morgan fingerprint density at radius 3 is 2.00 bits per heavy atom. The van der Waals surface area contributed by atoms with E-state index in [0.717, 1.165) is 16.7 Å². The van der Waals surface area contributed by atoms with Crippen LogP contribution in [-0.2, 0) is 6.42 Å². The fourth-order valence-electron chi connectivity index (χ4n) is 3.29. The number of allylic oxidation sites excluding steroid dienone is 2. The van der Waals surface area contributed by atoms with Crippen LogP contribution in [0.5, 0.6) is 11.5 Å². The maximum Gasteiger partial charge on any atom is 0.190 e. The second-order valence-electron chi connectivity index (χ2n) is 6.60. The molecule has 1 aliphatic rings. The molecule has 0 heterocycles. The summed E-state index contributed by atoms with van der Waals surface area (Å²) in [7, 11) is 3.18. The molecule has 0 aromatic heterocycles. The van der Waals surface area contributed by atoms with Crippen LogP contribution < -0.4 is 9.47 Å². The number of Topliss-reactive ketones (excluding diaryl/α,β-unsaturated/α-hetero) is 2. The first-order chi connectivity index (χ1) is 12.4. The summed E-state index contributed by atoms with van der Waals surface area (Å²) in [5, 5.41) is 0. The van der Waals surface area contributed by atoms with Gasteiger partial charge in [0.1, 0.15) is 11.5 Å². The molecule has 0 unspecified atom stereocenters. The number of hydrogen-bond donors (Lipinski definition) is 0. The van der Waals surface area contributed by atoms with E-state index in [1.165, 1.54) is 0 Å². The number of carbonyl (C=O) groups is 2. The summed E-state index contributed by atoms with van der Waals surface area (Å²) in [6.07, 6.45) is 0.323. The predicted molar refractivity (Wildman–Crippen MR) is 101 cm³/mol. The third kappa shape index (κ3) is 2.92. The minimum Gasteiger partial charge on any atom is -0.497 e. The van der Waals surface area contributed by atoms with Gasteiger partial charge in [-0.05, 0) is 62.2 Å². The maximum atomic E-state index is 13.1. The van der Waals surface area contributed by atoms with Gasteiger partial charge >= 0.3 is 0 Å². The molecule has 4 nitrogen and oxygen atoms in total. The van der Waals surface area contributed by atoms with E-state index < -0.39 is 0 Å². The summed E-state index contributed by atoms with van der Waals surface area (Å²) < 4.78 is 10.7. The van der Waals surface area contributed by atoms with Crippen LogP contribution in [0.15, 0.2) is 41.5 Å². The Balaban J connectivity index is 2.09. The van der Waals surface area contributed by atoms with Crippen LogP contribution >= 0.6 is 0 Å². The average Bonchev–Trinajstić information content (AvgIpc) is 2.64. The van der Waals surface area contributed by atoms with Crippen LogP contribution in [-0.4, -0.2) is 25.8 Å². The summed E-state index contributed by atoms with van der Waals surface area (Å²) in [6.45, 7) is 5.62.